The minimum Gasteiger partial charge on any atom is -0.392 e. The number of aromatic nitrogens is 2. The molecule has 1 heterocycles. The van der Waals surface area contributed by atoms with E-state index in [1.54, 1.807) is 0 Å². The normalized spacial score (nSPS) is 11.0. The summed E-state index contributed by atoms with van der Waals surface area (Å²) >= 11 is 0. The molecule has 14 heavy (non-hydrogen) atoms. The molecular formula is C9H13N5. The highest BCUT2D eigenvalue weighted by Crippen LogP contribution is 2.33. The van der Waals surface area contributed by atoms with Crippen LogP contribution in [-0.2, 0) is 5.41 Å². The highest BCUT2D eigenvalue weighted by molar-refractivity contribution is 5.68. The highest BCUT2D eigenvalue weighted by Gasteiger charge is 2.23. The molecule has 0 saturated heterocycles. The number of nitrogen functional groups attached to an aromatic ring is 2. The van der Waals surface area contributed by atoms with Gasteiger partial charge in [-0.1, -0.05) is 20.8 Å². The first-order valence-corrected chi connectivity index (χ1v) is 4.17. The predicted octanol–water partition coefficient (Wildman–Crippen LogP) is 1.49. The fraction of sp³-hybridized carbons (Fsp3) is 0.444. The Morgan fingerprint density at radius 1 is 1.21 bits per heavy atom. The van der Waals surface area contributed by atoms with Crippen molar-refractivity contribution in [3.8, 4) is 0 Å². The third-order valence-electron chi connectivity index (χ3n) is 1.75. The summed E-state index contributed by atoms with van der Waals surface area (Å²) in [5, 5.41) is 0. The summed E-state index contributed by atoms with van der Waals surface area (Å²) in [6, 6.07) is 0. The first kappa shape index (κ1) is 10.3. The van der Waals surface area contributed by atoms with E-state index < -0.39 is 0 Å². The van der Waals surface area contributed by atoms with Crippen molar-refractivity contribution in [2.45, 2.75) is 26.2 Å². The van der Waals surface area contributed by atoms with Crippen LogP contribution in [0.1, 0.15) is 26.5 Å². The van der Waals surface area contributed by atoms with E-state index in [9.17, 15) is 0 Å². The van der Waals surface area contributed by atoms with Crippen molar-refractivity contribution in [3.05, 3.63) is 17.1 Å². The standard InChI is InChI=1S/C9H13N5/c1-9(2,3)6-5(12-4)7(10)14-8(11)13-6/h1-3H3,(H4,10,11,13,14). The second-order valence-electron chi connectivity index (χ2n) is 4.03. The molecule has 0 fully saturated rings. The van der Waals surface area contributed by atoms with E-state index in [0.29, 0.717) is 11.4 Å². The van der Waals surface area contributed by atoms with Gasteiger partial charge in [0.2, 0.25) is 11.6 Å². The third-order valence-corrected chi connectivity index (χ3v) is 1.75. The summed E-state index contributed by atoms with van der Waals surface area (Å²) in [7, 11) is 0. The van der Waals surface area contributed by atoms with Crippen LogP contribution in [-0.4, -0.2) is 9.97 Å². The van der Waals surface area contributed by atoms with Crippen LogP contribution in [0.3, 0.4) is 0 Å². The average molecular weight is 191 g/mol. The molecule has 5 nitrogen and oxygen atoms in total. The first-order chi connectivity index (χ1) is 6.36. The number of hydrogen-bond acceptors (Lipinski definition) is 4. The zero-order chi connectivity index (χ0) is 10.9. The van der Waals surface area contributed by atoms with E-state index >= 15 is 0 Å². The summed E-state index contributed by atoms with van der Waals surface area (Å²) in [5.41, 5.74) is 11.7. The molecule has 0 atom stereocenters. The maximum atomic E-state index is 7.00. The van der Waals surface area contributed by atoms with Crippen molar-refractivity contribution in [1.29, 1.82) is 0 Å². The van der Waals surface area contributed by atoms with Gasteiger partial charge in [-0.05, 0) is 5.41 Å². The highest BCUT2D eigenvalue weighted by atomic mass is 15.1. The van der Waals surface area contributed by atoms with Crippen molar-refractivity contribution in [2.75, 3.05) is 11.5 Å². The van der Waals surface area contributed by atoms with Gasteiger partial charge in [0.15, 0.2) is 0 Å². The molecule has 1 aromatic heterocycles. The van der Waals surface area contributed by atoms with Crippen LogP contribution in [0, 0.1) is 6.57 Å². The molecule has 0 aromatic carbocycles. The van der Waals surface area contributed by atoms with Crippen LogP contribution in [0.15, 0.2) is 0 Å². The second-order valence-corrected chi connectivity index (χ2v) is 4.03. The zero-order valence-corrected chi connectivity index (χ0v) is 8.50. The molecular weight excluding hydrogens is 178 g/mol. The molecule has 1 rings (SSSR count). The van der Waals surface area contributed by atoms with E-state index in [1.807, 2.05) is 20.8 Å². The minimum absolute atomic E-state index is 0.111. The second kappa shape index (κ2) is 3.14. The van der Waals surface area contributed by atoms with E-state index in [-0.39, 0.29) is 17.2 Å². The van der Waals surface area contributed by atoms with Gasteiger partial charge in [0.05, 0.1) is 12.3 Å². The topological polar surface area (TPSA) is 82.2 Å². The molecule has 0 spiro atoms. The molecule has 0 aliphatic carbocycles. The smallest absolute Gasteiger partial charge is 0.249 e. The minimum atomic E-state index is -0.259. The van der Waals surface area contributed by atoms with E-state index in [0.717, 1.165) is 0 Å². The Bertz CT molecular complexity index is 397. The summed E-state index contributed by atoms with van der Waals surface area (Å²) in [4.78, 5) is 11.1. The Morgan fingerprint density at radius 2 is 1.79 bits per heavy atom. The molecule has 0 amide bonds. The molecule has 0 bridgehead atoms. The van der Waals surface area contributed by atoms with Gasteiger partial charge in [0.25, 0.3) is 0 Å². The van der Waals surface area contributed by atoms with E-state index in [4.69, 9.17) is 18.0 Å². The molecule has 4 N–H and O–H groups in total. The Hall–Kier alpha value is -1.83. The quantitative estimate of drug-likeness (QED) is 0.608. The van der Waals surface area contributed by atoms with Crippen LogP contribution in [0.25, 0.3) is 4.85 Å². The van der Waals surface area contributed by atoms with Crippen molar-refractivity contribution in [2.24, 2.45) is 0 Å². The van der Waals surface area contributed by atoms with Gasteiger partial charge in [-0.25, -0.2) is 14.8 Å². The van der Waals surface area contributed by atoms with Crippen molar-refractivity contribution in [3.63, 3.8) is 0 Å². The van der Waals surface area contributed by atoms with Crippen LogP contribution >= 0.6 is 0 Å². The summed E-state index contributed by atoms with van der Waals surface area (Å²) in [6.07, 6.45) is 0. The average Bonchev–Trinajstić information content (AvgIpc) is 2.01. The molecule has 0 aliphatic rings. The Morgan fingerprint density at radius 3 is 2.21 bits per heavy atom. The number of nitrogens with zero attached hydrogens (tertiary/aromatic N) is 3. The van der Waals surface area contributed by atoms with Gasteiger partial charge in [-0.15, -0.1) is 0 Å². The van der Waals surface area contributed by atoms with Gasteiger partial charge in [0, 0.05) is 0 Å². The van der Waals surface area contributed by atoms with Gasteiger partial charge in [-0.2, -0.15) is 0 Å². The van der Waals surface area contributed by atoms with Gasteiger partial charge in [-0.3, -0.25) is 0 Å². The van der Waals surface area contributed by atoms with Gasteiger partial charge in [0.1, 0.15) is 5.82 Å². The molecule has 5 heteroatoms. The first-order valence-electron chi connectivity index (χ1n) is 4.17. The van der Waals surface area contributed by atoms with E-state index in [1.165, 1.54) is 0 Å². The molecule has 0 aliphatic heterocycles. The molecule has 0 radical (unpaired) electrons. The molecule has 74 valence electrons. The Kier molecular flexibility index (Phi) is 2.30. The van der Waals surface area contributed by atoms with Crippen LogP contribution in [0.5, 0.6) is 0 Å². The third kappa shape index (κ3) is 1.74. The zero-order valence-electron chi connectivity index (χ0n) is 8.50. The van der Waals surface area contributed by atoms with Crippen LogP contribution < -0.4 is 11.5 Å². The Balaban J connectivity index is 3.50. The molecule has 0 unspecified atom stereocenters. The fourth-order valence-corrected chi connectivity index (χ4v) is 1.12. The lowest BCUT2D eigenvalue weighted by Crippen LogP contribution is -2.16. The maximum Gasteiger partial charge on any atom is 0.249 e. The number of anilines is 2. The van der Waals surface area contributed by atoms with Crippen LogP contribution in [0.4, 0.5) is 17.5 Å². The SMILES string of the molecule is [C-]#[N+]c1c(N)nc(N)nc1C(C)(C)C. The number of nitrogens with two attached hydrogens (primary N) is 2. The lowest BCUT2D eigenvalue weighted by atomic mass is 9.90. The summed E-state index contributed by atoms with van der Waals surface area (Å²) in [6.45, 7) is 12.8. The lowest BCUT2D eigenvalue weighted by Gasteiger charge is -2.19. The number of hydrogen-bond donors (Lipinski definition) is 2. The number of rotatable bonds is 0. The van der Waals surface area contributed by atoms with Gasteiger partial charge >= 0.3 is 0 Å². The fourth-order valence-electron chi connectivity index (χ4n) is 1.12. The van der Waals surface area contributed by atoms with Crippen LogP contribution in [0.2, 0.25) is 0 Å². The largest absolute Gasteiger partial charge is 0.392 e. The van der Waals surface area contributed by atoms with E-state index in [2.05, 4.69) is 14.8 Å². The summed E-state index contributed by atoms with van der Waals surface area (Å²) in [5.74, 6) is 0.261. The van der Waals surface area contributed by atoms with Crippen molar-refractivity contribution in [1.82, 2.24) is 9.97 Å². The predicted molar refractivity (Wildman–Crippen MR) is 55.8 cm³/mol. The molecule has 1 aromatic rings. The van der Waals surface area contributed by atoms with Crippen molar-refractivity contribution >= 4 is 17.5 Å². The van der Waals surface area contributed by atoms with Gasteiger partial charge < -0.3 is 11.5 Å². The summed E-state index contributed by atoms with van der Waals surface area (Å²) < 4.78 is 0. The molecule has 0 saturated carbocycles. The maximum absolute atomic E-state index is 7.00. The monoisotopic (exact) mass is 191 g/mol. The Labute approximate surface area is 83.0 Å². The lowest BCUT2D eigenvalue weighted by molar-refractivity contribution is 0.572. The van der Waals surface area contributed by atoms with Crippen molar-refractivity contribution < 1.29 is 0 Å².